The maximum atomic E-state index is 13.4. The molecule has 0 radical (unpaired) electrons. The summed E-state index contributed by atoms with van der Waals surface area (Å²) in [4.78, 5) is 31.7. The lowest BCUT2D eigenvalue weighted by atomic mass is 9.57. The van der Waals surface area contributed by atoms with Gasteiger partial charge < -0.3 is 14.8 Å². The Morgan fingerprint density at radius 2 is 2.03 bits per heavy atom. The van der Waals surface area contributed by atoms with Crippen LogP contribution in [-0.2, 0) is 20.7 Å². The van der Waals surface area contributed by atoms with Gasteiger partial charge in [-0.25, -0.2) is 0 Å². The fraction of sp³-hybridized carbons (Fsp3) is 0.583. The standard InChI is InChI=1S/C24H30N2O4/c1-22(2,3)30-21(28)23-10-8-15(27)12-24(23,29)13-19-20-17(9-11-26(19)14-23)16-6-4-5-7-18(16)25-20/h4-7,19,25,29H,8-14H2,1-3H3/t19-,23+,24+/m0/s1. The van der Waals surface area contributed by atoms with E-state index in [0.29, 0.717) is 25.8 Å². The van der Waals surface area contributed by atoms with E-state index in [1.165, 1.54) is 10.9 Å². The van der Waals surface area contributed by atoms with E-state index >= 15 is 0 Å². The minimum absolute atomic E-state index is 0.0200. The van der Waals surface area contributed by atoms with Crippen LogP contribution in [0.2, 0.25) is 0 Å². The molecule has 1 aromatic heterocycles. The first-order chi connectivity index (χ1) is 14.1. The molecule has 1 saturated heterocycles. The van der Waals surface area contributed by atoms with Gasteiger partial charge in [0.05, 0.1) is 11.6 Å². The Bertz CT molecular complexity index is 1040. The van der Waals surface area contributed by atoms with Crippen LogP contribution in [0.4, 0.5) is 0 Å². The molecular weight excluding hydrogens is 380 g/mol. The predicted molar refractivity (Wildman–Crippen MR) is 113 cm³/mol. The van der Waals surface area contributed by atoms with Crippen molar-refractivity contribution in [2.75, 3.05) is 13.1 Å². The number of aromatic nitrogens is 1. The third-order valence-corrected chi connectivity index (χ3v) is 7.27. The van der Waals surface area contributed by atoms with Gasteiger partial charge in [0.15, 0.2) is 0 Å². The van der Waals surface area contributed by atoms with Crippen LogP contribution in [0.5, 0.6) is 0 Å². The molecule has 5 rings (SSSR count). The summed E-state index contributed by atoms with van der Waals surface area (Å²) in [5, 5.41) is 13.1. The molecule has 6 nitrogen and oxygen atoms in total. The van der Waals surface area contributed by atoms with Crippen LogP contribution in [0.3, 0.4) is 0 Å². The van der Waals surface area contributed by atoms with Crippen molar-refractivity contribution in [3.63, 3.8) is 0 Å². The largest absolute Gasteiger partial charge is 0.459 e. The summed E-state index contributed by atoms with van der Waals surface area (Å²) in [5.41, 5.74) is 0.414. The van der Waals surface area contributed by atoms with Gasteiger partial charge in [-0.1, -0.05) is 18.2 Å². The Hall–Kier alpha value is -2.18. The second-order valence-corrected chi connectivity index (χ2v) is 10.3. The molecule has 2 aromatic rings. The fourth-order valence-corrected chi connectivity index (χ4v) is 5.85. The van der Waals surface area contributed by atoms with Gasteiger partial charge in [-0.3, -0.25) is 14.5 Å². The molecule has 0 spiro atoms. The number of Topliss-reactive ketones (excluding diaryl/α,β-unsaturated/α-hetero) is 1. The second-order valence-electron chi connectivity index (χ2n) is 10.3. The molecule has 160 valence electrons. The summed E-state index contributed by atoms with van der Waals surface area (Å²) in [6.07, 6.45) is 1.94. The van der Waals surface area contributed by atoms with Gasteiger partial charge in [-0.05, 0) is 51.7 Å². The van der Waals surface area contributed by atoms with Crippen LogP contribution in [0.1, 0.15) is 63.8 Å². The van der Waals surface area contributed by atoms with Crippen molar-refractivity contribution in [3.8, 4) is 0 Å². The Kier molecular flexibility index (Phi) is 4.22. The molecule has 1 saturated carbocycles. The first-order valence-corrected chi connectivity index (χ1v) is 10.9. The van der Waals surface area contributed by atoms with Gasteiger partial charge in [-0.15, -0.1) is 0 Å². The Morgan fingerprint density at radius 1 is 1.27 bits per heavy atom. The minimum atomic E-state index is -1.39. The van der Waals surface area contributed by atoms with E-state index in [0.717, 1.165) is 24.2 Å². The highest BCUT2D eigenvalue weighted by Gasteiger charge is 2.64. The molecule has 30 heavy (non-hydrogen) atoms. The van der Waals surface area contributed by atoms with Crippen molar-refractivity contribution >= 4 is 22.7 Å². The Balaban J connectivity index is 1.57. The van der Waals surface area contributed by atoms with Crippen LogP contribution in [0.25, 0.3) is 10.9 Å². The molecule has 2 aliphatic heterocycles. The second kappa shape index (κ2) is 6.41. The summed E-state index contributed by atoms with van der Waals surface area (Å²) < 4.78 is 5.79. The number of esters is 1. The van der Waals surface area contributed by atoms with Gasteiger partial charge >= 0.3 is 5.97 Å². The maximum Gasteiger partial charge on any atom is 0.316 e. The number of benzene rings is 1. The Labute approximate surface area is 176 Å². The third kappa shape index (κ3) is 2.84. The van der Waals surface area contributed by atoms with E-state index < -0.39 is 16.6 Å². The fourth-order valence-electron chi connectivity index (χ4n) is 5.85. The lowest BCUT2D eigenvalue weighted by molar-refractivity contribution is -0.214. The van der Waals surface area contributed by atoms with E-state index in [1.54, 1.807) is 0 Å². The molecule has 2 N–H and O–H groups in total. The molecule has 3 heterocycles. The molecule has 2 fully saturated rings. The van der Waals surface area contributed by atoms with E-state index in [9.17, 15) is 14.7 Å². The molecule has 0 bridgehead atoms. The topological polar surface area (TPSA) is 82.6 Å². The highest BCUT2D eigenvalue weighted by atomic mass is 16.6. The SMILES string of the molecule is CC(C)(C)OC(=O)[C@]12CCC(=O)C[C@@]1(O)C[C@H]1c3[nH]c4ccccc4c3CCN1C2. The molecular formula is C24H30N2O4. The molecule has 0 unspecified atom stereocenters. The molecule has 6 heteroatoms. The number of hydrogen-bond acceptors (Lipinski definition) is 5. The van der Waals surface area contributed by atoms with Crippen molar-refractivity contribution < 1.29 is 19.4 Å². The summed E-state index contributed by atoms with van der Waals surface area (Å²) in [6, 6.07) is 8.24. The van der Waals surface area contributed by atoms with Crippen molar-refractivity contribution in [1.29, 1.82) is 0 Å². The molecule has 3 atom stereocenters. The number of nitrogens with zero attached hydrogens (tertiary/aromatic N) is 1. The average Bonchev–Trinajstić information content (AvgIpc) is 3.04. The van der Waals surface area contributed by atoms with Crippen LogP contribution in [0, 0.1) is 5.41 Å². The van der Waals surface area contributed by atoms with Crippen molar-refractivity contribution in [2.45, 2.75) is 70.1 Å². The highest BCUT2D eigenvalue weighted by Crippen LogP contribution is 2.55. The normalized spacial score (nSPS) is 31.7. The average molecular weight is 411 g/mol. The zero-order valence-electron chi connectivity index (χ0n) is 18.0. The number of piperidine rings is 1. The minimum Gasteiger partial charge on any atom is -0.459 e. The quantitative estimate of drug-likeness (QED) is 0.705. The number of nitrogens with one attached hydrogen (secondary N) is 1. The maximum absolute atomic E-state index is 13.4. The smallest absolute Gasteiger partial charge is 0.316 e. The molecule has 0 amide bonds. The zero-order valence-corrected chi connectivity index (χ0v) is 18.0. The van der Waals surface area contributed by atoms with Crippen LogP contribution >= 0.6 is 0 Å². The summed E-state index contributed by atoms with van der Waals surface area (Å²) in [7, 11) is 0. The number of hydrogen-bond donors (Lipinski definition) is 2. The van der Waals surface area contributed by atoms with E-state index in [1.807, 2.05) is 32.9 Å². The molecule has 1 aromatic carbocycles. The van der Waals surface area contributed by atoms with Crippen LogP contribution in [-0.4, -0.2) is 51.0 Å². The van der Waals surface area contributed by atoms with E-state index in [2.05, 4.69) is 22.0 Å². The van der Waals surface area contributed by atoms with Gasteiger partial charge in [0, 0.05) is 42.5 Å². The lowest BCUT2D eigenvalue weighted by Gasteiger charge is -2.57. The van der Waals surface area contributed by atoms with Crippen LogP contribution in [0.15, 0.2) is 24.3 Å². The summed E-state index contributed by atoms with van der Waals surface area (Å²) in [5.74, 6) is -0.344. The van der Waals surface area contributed by atoms with Crippen molar-refractivity contribution in [2.24, 2.45) is 5.41 Å². The highest BCUT2D eigenvalue weighted by molar-refractivity contribution is 5.88. The number of ether oxygens (including phenoxy) is 1. The number of carbonyl (C=O) groups excluding carboxylic acids is 2. The number of para-hydroxylation sites is 1. The number of ketones is 1. The lowest BCUT2D eigenvalue weighted by Crippen LogP contribution is -2.67. The monoisotopic (exact) mass is 410 g/mol. The van der Waals surface area contributed by atoms with Gasteiger partial charge in [0.2, 0.25) is 0 Å². The molecule has 3 aliphatic rings. The predicted octanol–water partition coefficient (Wildman–Crippen LogP) is 3.28. The van der Waals surface area contributed by atoms with Crippen LogP contribution < -0.4 is 0 Å². The Morgan fingerprint density at radius 3 is 2.80 bits per heavy atom. The third-order valence-electron chi connectivity index (χ3n) is 7.27. The number of fused-ring (bicyclic) bond motifs is 6. The van der Waals surface area contributed by atoms with Crippen molar-refractivity contribution in [3.05, 3.63) is 35.5 Å². The summed E-state index contributed by atoms with van der Waals surface area (Å²) in [6.45, 7) is 6.78. The zero-order chi connectivity index (χ0) is 21.3. The van der Waals surface area contributed by atoms with Gasteiger partial charge in [-0.2, -0.15) is 0 Å². The van der Waals surface area contributed by atoms with Gasteiger partial charge in [0.1, 0.15) is 16.8 Å². The number of carbonyl (C=O) groups is 2. The van der Waals surface area contributed by atoms with E-state index in [4.69, 9.17) is 4.74 Å². The van der Waals surface area contributed by atoms with Crippen molar-refractivity contribution in [1.82, 2.24) is 9.88 Å². The first-order valence-electron chi connectivity index (χ1n) is 10.9. The number of rotatable bonds is 1. The number of aromatic amines is 1. The molecule has 1 aliphatic carbocycles. The first kappa shape index (κ1) is 19.8. The van der Waals surface area contributed by atoms with Gasteiger partial charge in [0.25, 0.3) is 0 Å². The summed E-state index contributed by atoms with van der Waals surface area (Å²) >= 11 is 0. The number of aliphatic hydroxyl groups is 1. The van der Waals surface area contributed by atoms with E-state index in [-0.39, 0.29) is 24.2 Å². The number of H-pyrrole nitrogens is 1.